The second-order valence-electron chi connectivity index (χ2n) is 5.00. The van der Waals surface area contributed by atoms with E-state index in [1.165, 1.54) is 6.26 Å². The molecule has 1 spiro atoms. The fraction of sp³-hybridized carbons (Fsp3) is 0.0556. The van der Waals surface area contributed by atoms with Crippen LogP contribution < -0.4 is 0 Å². The molecule has 2 aliphatic heterocycles. The van der Waals surface area contributed by atoms with Crippen LogP contribution in [0.2, 0.25) is 0 Å². The fourth-order valence-corrected chi connectivity index (χ4v) is 2.69. The van der Waals surface area contributed by atoms with Gasteiger partial charge in [0, 0.05) is 0 Å². The number of rotatable bonds is 1. The summed E-state index contributed by atoms with van der Waals surface area (Å²) in [6, 6.07) is 16.0. The summed E-state index contributed by atoms with van der Waals surface area (Å²) in [7, 11) is 0. The molecule has 2 aromatic carbocycles. The number of isothiocyanates is 1. The second-order valence-corrected chi connectivity index (χ2v) is 5.20. The van der Waals surface area contributed by atoms with Gasteiger partial charge in [0.15, 0.2) is 0 Å². The first kappa shape index (κ1) is 15.8. The molecule has 1 unspecified atom stereocenters. The molecular weight excluding hydrogens is 326 g/mol. The lowest BCUT2D eigenvalue weighted by atomic mass is 9.94. The number of esters is 1. The molecule has 2 heterocycles. The minimum Gasteiger partial charge on any atom is -0.449 e. The summed E-state index contributed by atoms with van der Waals surface area (Å²) >= 11 is 3.81. The third-order valence-electron chi connectivity index (χ3n) is 3.71. The van der Waals surface area contributed by atoms with Crippen molar-refractivity contribution in [2.24, 2.45) is 0 Å². The van der Waals surface area contributed by atoms with Crippen molar-refractivity contribution < 1.29 is 19.1 Å². The number of hydrogen-bond donors (Lipinski definition) is 1. The van der Waals surface area contributed by atoms with Crippen molar-refractivity contribution in [1.29, 1.82) is 5.41 Å². The van der Waals surface area contributed by atoms with Crippen molar-refractivity contribution >= 4 is 34.7 Å². The van der Waals surface area contributed by atoms with E-state index in [1.807, 2.05) is 30.3 Å². The quantitative estimate of drug-likeness (QED) is 0.491. The van der Waals surface area contributed by atoms with Crippen LogP contribution in [0.1, 0.15) is 21.5 Å². The lowest BCUT2D eigenvalue weighted by molar-refractivity contribution is -0.173. The number of fused-ring (bicyclic) bond motifs is 2. The van der Waals surface area contributed by atoms with Crippen molar-refractivity contribution in [3.05, 3.63) is 77.5 Å². The molecule has 0 aliphatic carbocycles. The molecule has 24 heavy (non-hydrogen) atoms. The smallest absolute Gasteiger partial charge is 0.347 e. The van der Waals surface area contributed by atoms with Gasteiger partial charge in [-0.15, -0.1) is 0 Å². The van der Waals surface area contributed by atoms with Crippen LogP contribution in [-0.2, 0) is 20.1 Å². The number of carbonyl (C=O) groups is 2. The Morgan fingerprint density at radius 1 is 1.00 bits per heavy atom. The lowest BCUT2D eigenvalue weighted by Crippen LogP contribution is -2.34. The van der Waals surface area contributed by atoms with Gasteiger partial charge in [-0.3, -0.25) is 4.79 Å². The zero-order valence-corrected chi connectivity index (χ0v) is 13.1. The van der Waals surface area contributed by atoms with Crippen molar-refractivity contribution in [3.63, 3.8) is 0 Å². The maximum absolute atomic E-state index is 12.8. The van der Waals surface area contributed by atoms with E-state index in [9.17, 15) is 9.59 Å². The number of hydrogen-bond acceptors (Lipinski definition) is 6. The highest BCUT2D eigenvalue weighted by Crippen LogP contribution is 2.45. The average molecular weight is 337 g/mol. The van der Waals surface area contributed by atoms with Crippen LogP contribution in [0.4, 0.5) is 0 Å². The Hall–Kier alpha value is -3.08. The first-order valence-corrected chi connectivity index (χ1v) is 7.40. The summed E-state index contributed by atoms with van der Waals surface area (Å²) in [6.07, 6.45) is 1.37. The largest absolute Gasteiger partial charge is 0.449 e. The van der Waals surface area contributed by atoms with Crippen LogP contribution >= 0.6 is 12.2 Å². The molecule has 5 nitrogen and oxygen atoms in total. The Bertz CT molecular complexity index is 885. The third-order valence-corrected chi connectivity index (χ3v) is 3.71. The van der Waals surface area contributed by atoms with Crippen LogP contribution in [0.25, 0.3) is 5.57 Å². The Labute approximate surface area is 143 Å². The van der Waals surface area contributed by atoms with Gasteiger partial charge < -0.3 is 9.47 Å². The van der Waals surface area contributed by atoms with E-state index in [1.54, 1.807) is 29.4 Å². The van der Waals surface area contributed by atoms with E-state index in [2.05, 4.69) is 12.2 Å². The zero-order valence-electron chi connectivity index (χ0n) is 12.3. The number of benzene rings is 2. The predicted octanol–water partition coefficient (Wildman–Crippen LogP) is 3.32. The van der Waals surface area contributed by atoms with E-state index in [0.29, 0.717) is 16.7 Å². The lowest BCUT2D eigenvalue weighted by Gasteiger charge is -2.20. The Morgan fingerprint density at radius 3 is 2.33 bits per heavy atom. The van der Waals surface area contributed by atoms with Gasteiger partial charge in [0.1, 0.15) is 6.26 Å². The molecule has 1 N–H and O–H groups in total. The van der Waals surface area contributed by atoms with Gasteiger partial charge in [-0.2, -0.15) is 0 Å². The van der Waals surface area contributed by atoms with Crippen LogP contribution in [-0.4, -0.2) is 16.9 Å². The Balaban J connectivity index is 0.000000526. The molecule has 0 radical (unpaired) electrons. The maximum Gasteiger partial charge on any atom is 0.347 e. The maximum atomic E-state index is 12.8. The monoisotopic (exact) mass is 337 g/mol. The van der Waals surface area contributed by atoms with E-state index < -0.39 is 11.8 Å². The van der Waals surface area contributed by atoms with Crippen LogP contribution in [0.3, 0.4) is 0 Å². The number of Topliss-reactive ketones (excluding diaryl/α,β-unsaturated/α-hetero) is 1. The molecule has 0 saturated carbocycles. The Kier molecular flexibility index (Phi) is 4.08. The molecule has 2 aromatic rings. The van der Waals surface area contributed by atoms with Gasteiger partial charge in [0.05, 0.1) is 21.9 Å². The fourth-order valence-electron chi connectivity index (χ4n) is 2.69. The van der Waals surface area contributed by atoms with Crippen LogP contribution in [0, 0.1) is 5.41 Å². The molecule has 0 bridgehead atoms. The van der Waals surface area contributed by atoms with E-state index >= 15 is 0 Å². The van der Waals surface area contributed by atoms with Crippen molar-refractivity contribution in [2.75, 3.05) is 0 Å². The first-order valence-electron chi connectivity index (χ1n) is 6.99. The van der Waals surface area contributed by atoms with Crippen molar-refractivity contribution in [2.45, 2.75) is 5.79 Å². The molecule has 2 aliphatic rings. The van der Waals surface area contributed by atoms with E-state index in [4.69, 9.17) is 14.9 Å². The topological polar surface area (TPSA) is 76.5 Å². The first-order chi connectivity index (χ1) is 11.6. The number of ketones is 1. The summed E-state index contributed by atoms with van der Waals surface area (Å²) in [5.74, 6) is -2.55. The molecule has 118 valence electrons. The SMILES string of the molecule is N=C=S.O=C1OC2(OC=C(c3ccccc3)C2=O)c2ccccc21. The molecule has 1 atom stereocenters. The third kappa shape index (κ3) is 2.34. The van der Waals surface area contributed by atoms with Gasteiger partial charge in [-0.1, -0.05) is 42.5 Å². The van der Waals surface area contributed by atoms with Crippen LogP contribution in [0.5, 0.6) is 0 Å². The second kappa shape index (κ2) is 6.20. The normalized spacial score (nSPS) is 20.2. The van der Waals surface area contributed by atoms with Crippen molar-refractivity contribution in [1.82, 2.24) is 0 Å². The van der Waals surface area contributed by atoms with E-state index in [0.717, 1.165) is 5.56 Å². The molecule has 0 fully saturated rings. The van der Waals surface area contributed by atoms with Gasteiger partial charge in [-0.05, 0) is 29.9 Å². The molecule has 0 aromatic heterocycles. The van der Waals surface area contributed by atoms with Crippen LogP contribution in [0.15, 0.2) is 60.9 Å². The van der Waals surface area contributed by atoms with Gasteiger partial charge in [0.25, 0.3) is 5.78 Å². The molecule has 6 heteroatoms. The summed E-state index contributed by atoms with van der Waals surface area (Å²) in [5.41, 5.74) is 1.97. The Morgan fingerprint density at radius 2 is 1.62 bits per heavy atom. The summed E-state index contributed by atoms with van der Waals surface area (Å²) in [4.78, 5) is 24.7. The summed E-state index contributed by atoms with van der Waals surface area (Å²) in [6.45, 7) is 0. The molecule has 0 saturated heterocycles. The minimum absolute atomic E-state index is 0.355. The highest BCUT2D eigenvalue weighted by Gasteiger charge is 2.57. The number of ether oxygens (including phenoxy) is 2. The van der Waals surface area contributed by atoms with Gasteiger partial charge >= 0.3 is 11.8 Å². The number of carbonyl (C=O) groups excluding carboxylic acids is 2. The number of thiocarbonyl (C=S) groups is 1. The minimum atomic E-state index is -1.65. The molecule has 4 rings (SSSR count). The van der Waals surface area contributed by atoms with Gasteiger partial charge in [0.2, 0.25) is 0 Å². The number of nitrogens with one attached hydrogen (secondary N) is 1. The molecule has 0 amide bonds. The standard InChI is InChI=1S/C17H10O4.CHNS/c18-15-13(11-6-2-1-3-7-11)10-20-17(15)14-9-5-4-8-12(14)16(19)21-17;2-1-3/h1-10H;2H. The highest BCUT2D eigenvalue weighted by molar-refractivity contribution is 7.78. The summed E-state index contributed by atoms with van der Waals surface area (Å²) in [5, 5.41) is 7.36. The zero-order chi connectivity index (χ0) is 17.2. The highest BCUT2D eigenvalue weighted by atomic mass is 32.1. The van der Waals surface area contributed by atoms with E-state index in [-0.39, 0.29) is 5.78 Å². The average Bonchev–Trinajstić information content (AvgIpc) is 3.09. The molecular formula is C18H11NO4S. The van der Waals surface area contributed by atoms with Gasteiger partial charge in [-0.25, -0.2) is 10.2 Å². The predicted molar refractivity (Wildman–Crippen MR) is 89.4 cm³/mol. The summed E-state index contributed by atoms with van der Waals surface area (Å²) < 4.78 is 10.8. The van der Waals surface area contributed by atoms with Crippen molar-refractivity contribution in [3.8, 4) is 0 Å².